The fourth-order valence-electron chi connectivity index (χ4n) is 2.33. The largest absolute Gasteiger partial charge is 0.384 e. The number of hydrogen-bond donors (Lipinski definition) is 1. The number of rotatable bonds is 1. The summed E-state index contributed by atoms with van der Waals surface area (Å²) in [5.74, 6) is 0. The zero-order valence-electron chi connectivity index (χ0n) is 9.68. The Kier molecular flexibility index (Phi) is 2.11. The summed E-state index contributed by atoms with van der Waals surface area (Å²) < 4.78 is 0. The molecule has 2 aromatic heterocycles. The summed E-state index contributed by atoms with van der Waals surface area (Å²) in [7, 11) is 0. The van der Waals surface area contributed by atoms with E-state index in [1.54, 1.807) is 11.3 Å². The Morgan fingerprint density at radius 1 is 1.22 bits per heavy atom. The Balaban J connectivity index is 1.86. The van der Waals surface area contributed by atoms with Crippen molar-refractivity contribution in [3.05, 3.63) is 42.1 Å². The maximum absolute atomic E-state index is 4.64. The Labute approximate surface area is 109 Å². The van der Waals surface area contributed by atoms with Crippen LogP contribution < -0.4 is 5.32 Å². The molecule has 0 saturated heterocycles. The van der Waals surface area contributed by atoms with Gasteiger partial charge in [0.25, 0.3) is 0 Å². The second kappa shape index (κ2) is 3.78. The molecule has 4 rings (SSSR count). The molecule has 3 nitrogen and oxygen atoms in total. The van der Waals surface area contributed by atoms with Gasteiger partial charge in [-0.15, -0.1) is 0 Å². The summed E-state index contributed by atoms with van der Waals surface area (Å²) in [6.07, 6.45) is 2.92. The van der Waals surface area contributed by atoms with Crippen molar-refractivity contribution in [3.8, 4) is 10.6 Å². The number of anilines is 1. The lowest BCUT2D eigenvalue weighted by molar-refractivity contribution is 1.11. The predicted octanol–water partition coefficient (Wildman–Crippen LogP) is 3.33. The number of nitrogens with one attached hydrogen (secondary N) is 1. The number of thiazole rings is 1. The highest BCUT2D eigenvalue weighted by Gasteiger charge is 2.12. The Hall–Kier alpha value is -1.94. The van der Waals surface area contributed by atoms with Crippen molar-refractivity contribution in [2.75, 3.05) is 11.9 Å². The predicted molar refractivity (Wildman–Crippen MR) is 75.0 cm³/mol. The molecule has 1 aliphatic rings. The van der Waals surface area contributed by atoms with E-state index in [0.717, 1.165) is 28.3 Å². The molecule has 1 aromatic carbocycles. The first-order valence-corrected chi connectivity index (χ1v) is 6.80. The van der Waals surface area contributed by atoms with Gasteiger partial charge in [0, 0.05) is 24.0 Å². The van der Waals surface area contributed by atoms with Crippen LogP contribution in [0.5, 0.6) is 0 Å². The summed E-state index contributed by atoms with van der Waals surface area (Å²) in [5, 5.41) is 4.43. The van der Waals surface area contributed by atoms with E-state index in [2.05, 4.69) is 33.5 Å². The third kappa shape index (κ3) is 1.49. The van der Waals surface area contributed by atoms with Crippen molar-refractivity contribution in [2.45, 2.75) is 6.42 Å². The molecule has 0 radical (unpaired) electrons. The van der Waals surface area contributed by atoms with Crippen LogP contribution >= 0.6 is 11.3 Å². The molecule has 3 aromatic rings. The van der Waals surface area contributed by atoms with E-state index >= 15 is 0 Å². The van der Waals surface area contributed by atoms with E-state index in [0.29, 0.717) is 0 Å². The fraction of sp³-hybridized carbons (Fsp3) is 0.143. The first-order chi connectivity index (χ1) is 8.90. The SMILES string of the molecule is c1cnc2sc(-c3ccc4c(c3)CCN4)nc2c1. The monoisotopic (exact) mass is 253 g/mol. The van der Waals surface area contributed by atoms with Gasteiger partial charge in [-0.25, -0.2) is 9.97 Å². The van der Waals surface area contributed by atoms with Crippen molar-refractivity contribution in [1.29, 1.82) is 0 Å². The maximum atomic E-state index is 4.64. The normalized spacial score (nSPS) is 13.6. The van der Waals surface area contributed by atoms with Crippen LogP contribution in [0.15, 0.2) is 36.5 Å². The van der Waals surface area contributed by atoms with Crippen LogP contribution in [0.1, 0.15) is 5.56 Å². The average molecular weight is 253 g/mol. The number of hydrogen-bond acceptors (Lipinski definition) is 4. The third-order valence-corrected chi connectivity index (χ3v) is 4.26. The van der Waals surface area contributed by atoms with Crippen LogP contribution in [0.4, 0.5) is 5.69 Å². The molecule has 0 aliphatic carbocycles. The van der Waals surface area contributed by atoms with Gasteiger partial charge in [-0.3, -0.25) is 0 Å². The molecule has 1 N–H and O–H groups in total. The highest BCUT2D eigenvalue weighted by Crippen LogP contribution is 2.32. The zero-order chi connectivity index (χ0) is 11.9. The molecule has 4 heteroatoms. The van der Waals surface area contributed by atoms with Gasteiger partial charge in [-0.1, -0.05) is 11.3 Å². The van der Waals surface area contributed by atoms with Gasteiger partial charge in [0.05, 0.1) is 0 Å². The standard InChI is InChI=1S/C14H11N3S/c1-2-12-14(16-6-1)18-13(17-12)10-3-4-11-9(8-10)5-7-15-11/h1-4,6,8,15H,5,7H2. The molecule has 18 heavy (non-hydrogen) atoms. The second-order valence-electron chi connectivity index (χ2n) is 4.40. The van der Waals surface area contributed by atoms with Gasteiger partial charge in [0.1, 0.15) is 15.4 Å². The van der Waals surface area contributed by atoms with E-state index in [-0.39, 0.29) is 0 Å². The molecule has 88 valence electrons. The first-order valence-electron chi connectivity index (χ1n) is 5.99. The Morgan fingerprint density at radius 3 is 3.17 bits per heavy atom. The smallest absolute Gasteiger partial charge is 0.143 e. The van der Waals surface area contributed by atoms with Crippen LogP contribution in [0.25, 0.3) is 20.9 Å². The lowest BCUT2D eigenvalue weighted by Gasteiger charge is -2.01. The van der Waals surface area contributed by atoms with Crippen molar-refractivity contribution in [2.24, 2.45) is 0 Å². The summed E-state index contributed by atoms with van der Waals surface area (Å²) in [6.45, 7) is 1.04. The van der Waals surface area contributed by atoms with E-state index in [4.69, 9.17) is 0 Å². The molecule has 0 saturated carbocycles. The third-order valence-electron chi connectivity index (χ3n) is 3.23. The number of aromatic nitrogens is 2. The summed E-state index contributed by atoms with van der Waals surface area (Å²) in [4.78, 5) is 9.99. The second-order valence-corrected chi connectivity index (χ2v) is 5.37. The van der Waals surface area contributed by atoms with Gasteiger partial charge in [0.15, 0.2) is 0 Å². The topological polar surface area (TPSA) is 37.8 Å². The molecule has 0 fully saturated rings. The minimum atomic E-state index is 0.983. The van der Waals surface area contributed by atoms with E-state index in [1.165, 1.54) is 16.8 Å². The van der Waals surface area contributed by atoms with Crippen LogP contribution in [-0.4, -0.2) is 16.5 Å². The average Bonchev–Trinajstić information content (AvgIpc) is 3.04. The minimum Gasteiger partial charge on any atom is -0.384 e. The summed E-state index contributed by atoms with van der Waals surface area (Å²) in [6, 6.07) is 10.5. The van der Waals surface area contributed by atoms with Gasteiger partial charge >= 0.3 is 0 Å². The molecular weight excluding hydrogens is 242 g/mol. The highest BCUT2D eigenvalue weighted by atomic mass is 32.1. The van der Waals surface area contributed by atoms with Crippen molar-refractivity contribution >= 4 is 27.4 Å². The molecule has 0 bridgehead atoms. The molecule has 3 heterocycles. The van der Waals surface area contributed by atoms with Crippen molar-refractivity contribution in [3.63, 3.8) is 0 Å². The quantitative estimate of drug-likeness (QED) is 0.723. The summed E-state index contributed by atoms with van der Waals surface area (Å²) >= 11 is 1.65. The molecule has 1 aliphatic heterocycles. The van der Waals surface area contributed by atoms with Crippen molar-refractivity contribution in [1.82, 2.24) is 9.97 Å². The van der Waals surface area contributed by atoms with Gasteiger partial charge in [-0.2, -0.15) is 0 Å². The maximum Gasteiger partial charge on any atom is 0.143 e. The number of nitrogens with zero attached hydrogens (tertiary/aromatic N) is 2. The Bertz CT molecular complexity index is 700. The van der Waals surface area contributed by atoms with E-state index in [1.807, 2.05) is 18.3 Å². The fourth-order valence-corrected chi connectivity index (χ4v) is 3.23. The van der Waals surface area contributed by atoms with Crippen LogP contribution in [-0.2, 0) is 6.42 Å². The van der Waals surface area contributed by atoms with Gasteiger partial charge in [-0.05, 0) is 42.3 Å². The zero-order valence-corrected chi connectivity index (χ0v) is 10.5. The van der Waals surface area contributed by atoms with Crippen LogP contribution in [0, 0.1) is 0 Å². The molecule has 0 atom stereocenters. The number of pyridine rings is 1. The van der Waals surface area contributed by atoms with Gasteiger partial charge < -0.3 is 5.32 Å². The number of benzene rings is 1. The lowest BCUT2D eigenvalue weighted by Crippen LogP contribution is -1.90. The van der Waals surface area contributed by atoms with Crippen molar-refractivity contribution < 1.29 is 0 Å². The number of fused-ring (bicyclic) bond motifs is 2. The van der Waals surface area contributed by atoms with Crippen LogP contribution in [0.2, 0.25) is 0 Å². The van der Waals surface area contributed by atoms with E-state index < -0.39 is 0 Å². The van der Waals surface area contributed by atoms with E-state index in [9.17, 15) is 0 Å². The van der Waals surface area contributed by atoms with Gasteiger partial charge in [0.2, 0.25) is 0 Å². The minimum absolute atomic E-state index is 0.983. The summed E-state index contributed by atoms with van der Waals surface area (Å²) in [5.41, 5.74) is 4.83. The van der Waals surface area contributed by atoms with Crippen LogP contribution in [0.3, 0.4) is 0 Å². The molecule has 0 spiro atoms. The molecule has 0 unspecified atom stereocenters. The molecular formula is C14H11N3S. The first kappa shape index (κ1) is 10.0. The lowest BCUT2D eigenvalue weighted by atomic mass is 10.1. The Morgan fingerprint density at radius 2 is 2.22 bits per heavy atom. The highest BCUT2D eigenvalue weighted by molar-refractivity contribution is 7.21. The molecule has 0 amide bonds.